The lowest BCUT2D eigenvalue weighted by Gasteiger charge is -1.99. The fourth-order valence-electron chi connectivity index (χ4n) is 3.30. The summed E-state index contributed by atoms with van der Waals surface area (Å²) in [5, 5.41) is 0.846. The molecule has 0 saturated carbocycles. The minimum Gasteiger partial charge on any atom is -0.454 e. The Balaban J connectivity index is 1.83. The highest BCUT2D eigenvalue weighted by molar-refractivity contribution is 5.89. The molecule has 4 rings (SSSR count). The van der Waals surface area contributed by atoms with Crippen molar-refractivity contribution in [3.8, 4) is 22.7 Å². The number of halogens is 1. The Morgan fingerprint density at radius 1 is 0.960 bits per heavy atom. The van der Waals surface area contributed by atoms with Crippen molar-refractivity contribution in [2.24, 2.45) is 0 Å². The Labute approximate surface area is 146 Å². The molecule has 0 spiro atoms. The Morgan fingerprint density at radius 2 is 1.68 bits per heavy atom. The summed E-state index contributed by atoms with van der Waals surface area (Å²) in [6.07, 6.45) is 0.736. The van der Waals surface area contributed by atoms with Crippen molar-refractivity contribution < 1.29 is 8.81 Å². The highest BCUT2D eigenvalue weighted by Crippen LogP contribution is 2.36. The van der Waals surface area contributed by atoms with Gasteiger partial charge in [0.2, 0.25) is 0 Å². The van der Waals surface area contributed by atoms with Gasteiger partial charge in [-0.2, -0.15) is 0 Å². The maximum absolute atomic E-state index is 13.9. The van der Waals surface area contributed by atoms with Gasteiger partial charge < -0.3 is 9.40 Å². The van der Waals surface area contributed by atoms with E-state index >= 15 is 0 Å². The molecule has 0 saturated heterocycles. The lowest BCUT2D eigenvalue weighted by molar-refractivity contribution is 0.611. The van der Waals surface area contributed by atoms with Gasteiger partial charge in [0.05, 0.1) is 5.69 Å². The van der Waals surface area contributed by atoms with E-state index in [1.165, 1.54) is 5.56 Å². The molecule has 2 nitrogen and oxygen atoms in total. The zero-order valence-corrected chi connectivity index (χ0v) is 14.6. The first-order valence-corrected chi connectivity index (χ1v) is 8.54. The average Bonchev–Trinajstić information content (AvgIpc) is 3.20. The molecule has 0 fully saturated rings. The molecule has 25 heavy (non-hydrogen) atoms. The van der Waals surface area contributed by atoms with Crippen LogP contribution >= 0.6 is 0 Å². The van der Waals surface area contributed by atoms with Crippen LogP contribution in [-0.2, 0) is 6.42 Å². The lowest BCUT2D eigenvalue weighted by atomic mass is 10.1. The van der Waals surface area contributed by atoms with E-state index in [1.807, 2.05) is 26.0 Å². The molecule has 0 radical (unpaired) electrons. The first-order chi connectivity index (χ1) is 12.1. The number of H-pyrrole nitrogens is 1. The molecule has 0 bridgehead atoms. The topological polar surface area (TPSA) is 28.9 Å². The van der Waals surface area contributed by atoms with Crippen molar-refractivity contribution in [1.29, 1.82) is 0 Å². The molecule has 0 unspecified atom stereocenters. The maximum Gasteiger partial charge on any atom is 0.154 e. The summed E-state index contributed by atoms with van der Waals surface area (Å²) in [7, 11) is 0. The zero-order valence-electron chi connectivity index (χ0n) is 14.6. The molecule has 126 valence electrons. The molecule has 1 N–H and O–H groups in total. The van der Waals surface area contributed by atoms with Gasteiger partial charge in [0, 0.05) is 16.6 Å². The number of fused-ring (bicyclic) bond motifs is 1. The van der Waals surface area contributed by atoms with Crippen molar-refractivity contribution >= 4 is 11.0 Å². The van der Waals surface area contributed by atoms with Crippen LogP contribution in [-0.4, -0.2) is 4.98 Å². The summed E-state index contributed by atoms with van der Waals surface area (Å²) >= 11 is 0. The number of aryl methyl sites for hydroxylation is 3. The predicted octanol–water partition coefficient (Wildman–Crippen LogP) is 6.41. The fraction of sp³-hybridized carbons (Fsp3) is 0.182. The van der Waals surface area contributed by atoms with Crippen molar-refractivity contribution in [3.05, 3.63) is 71.0 Å². The van der Waals surface area contributed by atoms with E-state index in [-0.39, 0.29) is 5.82 Å². The molecular weight excluding hydrogens is 313 g/mol. The largest absolute Gasteiger partial charge is 0.454 e. The van der Waals surface area contributed by atoms with Crippen LogP contribution in [0, 0.1) is 19.7 Å². The normalized spacial score (nSPS) is 11.4. The highest BCUT2D eigenvalue weighted by Gasteiger charge is 2.17. The average molecular weight is 333 g/mol. The van der Waals surface area contributed by atoms with Gasteiger partial charge in [0.25, 0.3) is 0 Å². The molecule has 3 heteroatoms. The molecule has 0 aliphatic heterocycles. The summed E-state index contributed by atoms with van der Waals surface area (Å²) < 4.78 is 20.0. The lowest BCUT2D eigenvalue weighted by Crippen LogP contribution is -1.84. The number of hydrogen-bond donors (Lipinski definition) is 1. The van der Waals surface area contributed by atoms with E-state index in [2.05, 4.69) is 36.2 Å². The molecule has 2 aromatic heterocycles. The van der Waals surface area contributed by atoms with Crippen molar-refractivity contribution in [2.75, 3.05) is 0 Å². The molecule has 2 heterocycles. The first-order valence-electron chi connectivity index (χ1n) is 8.54. The van der Waals surface area contributed by atoms with Crippen molar-refractivity contribution in [3.63, 3.8) is 0 Å². The predicted molar refractivity (Wildman–Crippen MR) is 100 cm³/mol. The second kappa shape index (κ2) is 5.92. The Morgan fingerprint density at radius 3 is 2.40 bits per heavy atom. The van der Waals surface area contributed by atoms with Gasteiger partial charge in [-0.1, -0.05) is 36.8 Å². The van der Waals surface area contributed by atoms with Gasteiger partial charge >= 0.3 is 0 Å². The monoisotopic (exact) mass is 333 g/mol. The van der Waals surface area contributed by atoms with Crippen molar-refractivity contribution in [2.45, 2.75) is 27.2 Å². The van der Waals surface area contributed by atoms with Crippen LogP contribution in [0.15, 0.2) is 52.9 Å². The molecule has 0 aliphatic rings. The number of rotatable bonds is 3. The van der Waals surface area contributed by atoms with Crippen LogP contribution in [0.2, 0.25) is 0 Å². The van der Waals surface area contributed by atoms with E-state index in [4.69, 9.17) is 4.42 Å². The van der Waals surface area contributed by atoms with E-state index in [9.17, 15) is 4.39 Å². The number of aromatic nitrogens is 1. The summed E-state index contributed by atoms with van der Waals surface area (Å²) in [6, 6.07) is 15.6. The number of benzene rings is 2. The number of furan rings is 1. The zero-order chi connectivity index (χ0) is 17.6. The Kier molecular flexibility index (Phi) is 3.72. The quantitative estimate of drug-likeness (QED) is 0.461. The smallest absolute Gasteiger partial charge is 0.154 e. The summed E-state index contributed by atoms with van der Waals surface area (Å²) in [5.41, 5.74) is 6.95. The fourth-order valence-corrected chi connectivity index (χ4v) is 3.30. The van der Waals surface area contributed by atoms with Gasteiger partial charge in [0.1, 0.15) is 11.4 Å². The van der Waals surface area contributed by atoms with E-state index in [1.54, 1.807) is 12.1 Å². The van der Waals surface area contributed by atoms with E-state index in [0.717, 1.165) is 51.2 Å². The van der Waals surface area contributed by atoms with E-state index in [0.29, 0.717) is 0 Å². The Hall–Kier alpha value is -2.81. The van der Waals surface area contributed by atoms with Gasteiger partial charge in [-0.05, 0) is 55.7 Å². The van der Waals surface area contributed by atoms with Gasteiger partial charge in [0.15, 0.2) is 5.76 Å². The third kappa shape index (κ3) is 2.66. The maximum atomic E-state index is 13.9. The van der Waals surface area contributed by atoms with Gasteiger partial charge in [-0.15, -0.1) is 0 Å². The summed E-state index contributed by atoms with van der Waals surface area (Å²) in [6.45, 7) is 6.06. The summed E-state index contributed by atoms with van der Waals surface area (Å²) in [5.74, 6) is 0.556. The molecule has 4 aromatic rings. The molecule has 0 atom stereocenters. The third-order valence-corrected chi connectivity index (χ3v) is 4.75. The van der Waals surface area contributed by atoms with Crippen LogP contribution in [0.1, 0.15) is 23.6 Å². The van der Waals surface area contributed by atoms with Crippen LogP contribution < -0.4 is 0 Å². The number of hydrogen-bond acceptors (Lipinski definition) is 1. The SMILES string of the molecule is CCc1cc(F)cc2c(C)c(-c3ccc(-c4ccc(C)cc4)[nH]3)oc12. The first kappa shape index (κ1) is 15.7. The van der Waals surface area contributed by atoms with Gasteiger partial charge in [-0.3, -0.25) is 0 Å². The molecule has 0 aliphatic carbocycles. The molecule has 0 amide bonds. The minimum atomic E-state index is -0.216. The Bertz CT molecular complexity index is 1050. The number of aromatic amines is 1. The van der Waals surface area contributed by atoms with Crippen LogP contribution in [0.25, 0.3) is 33.7 Å². The second-order valence-corrected chi connectivity index (χ2v) is 6.50. The van der Waals surface area contributed by atoms with E-state index < -0.39 is 0 Å². The third-order valence-electron chi connectivity index (χ3n) is 4.75. The second-order valence-electron chi connectivity index (χ2n) is 6.50. The molecule has 2 aromatic carbocycles. The standard InChI is InChI=1S/C22H20FNO/c1-4-15-11-17(23)12-18-14(3)21(25-22(15)18)20-10-9-19(24-20)16-7-5-13(2)6-8-16/h5-12,24H,4H2,1-3H3. The summed E-state index contributed by atoms with van der Waals surface area (Å²) in [4.78, 5) is 3.43. The number of nitrogens with one attached hydrogen (secondary N) is 1. The van der Waals surface area contributed by atoms with Crippen LogP contribution in [0.3, 0.4) is 0 Å². The molecular formula is C22H20FNO. The van der Waals surface area contributed by atoms with Crippen molar-refractivity contribution in [1.82, 2.24) is 4.98 Å². The highest BCUT2D eigenvalue weighted by atomic mass is 19.1. The van der Waals surface area contributed by atoms with Gasteiger partial charge in [-0.25, -0.2) is 4.39 Å². The van der Waals surface area contributed by atoms with Crippen LogP contribution in [0.4, 0.5) is 4.39 Å². The minimum absolute atomic E-state index is 0.216. The van der Waals surface area contributed by atoms with Crippen LogP contribution in [0.5, 0.6) is 0 Å².